The molecule has 5 nitrogen and oxygen atoms in total. The van der Waals surface area contributed by atoms with Crippen LogP contribution in [0.5, 0.6) is 0 Å². The Morgan fingerprint density at radius 3 is 2.76 bits per heavy atom. The molecule has 1 amide bonds. The number of aromatic nitrogens is 1. The van der Waals surface area contributed by atoms with Crippen molar-refractivity contribution in [1.82, 2.24) is 14.8 Å². The third-order valence-electron chi connectivity index (χ3n) is 5.59. The Morgan fingerprint density at radius 2 is 2.04 bits per heavy atom. The SMILES string of the molecule is O=C(C1CC(F)(F)C1)N1CC[C@@H]2OCCN(Cc3ccncc3)[C@H]2C1. The molecule has 0 bridgehead atoms. The molecule has 3 fully saturated rings. The largest absolute Gasteiger partial charge is 0.375 e. The first-order valence-corrected chi connectivity index (χ1v) is 8.93. The highest BCUT2D eigenvalue weighted by Gasteiger charge is 2.50. The van der Waals surface area contributed by atoms with Gasteiger partial charge in [0.05, 0.1) is 18.8 Å². The van der Waals surface area contributed by atoms with Crippen molar-refractivity contribution in [2.24, 2.45) is 5.92 Å². The lowest BCUT2D eigenvalue weighted by atomic mass is 9.80. The summed E-state index contributed by atoms with van der Waals surface area (Å²) in [5.74, 6) is -3.27. The van der Waals surface area contributed by atoms with E-state index >= 15 is 0 Å². The molecule has 2 aliphatic heterocycles. The van der Waals surface area contributed by atoms with Crippen LogP contribution in [0.2, 0.25) is 0 Å². The fourth-order valence-electron chi connectivity index (χ4n) is 4.16. The van der Waals surface area contributed by atoms with Crippen LogP contribution in [0.4, 0.5) is 8.78 Å². The number of alkyl halides is 2. The molecular formula is C18H23F2N3O2. The Hall–Kier alpha value is -1.60. The third kappa shape index (κ3) is 3.53. The number of carbonyl (C=O) groups excluding carboxylic acids is 1. The molecule has 4 rings (SSSR count). The van der Waals surface area contributed by atoms with E-state index in [9.17, 15) is 13.6 Å². The van der Waals surface area contributed by atoms with Crippen LogP contribution in [0.1, 0.15) is 24.8 Å². The summed E-state index contributed by atoms with van der Waals surface area (Å²) in [6.07, 6.45) is 3.84. The maximum atomic E-state index is 13.1. The maximum absolute atomic E-state index is 13.1. The highest BCUT2D eigenvalue weighted by Crippen LogP contribution is 2.43. The molecule has 1 aromatic rings. The molecule has 7 heteroatoms. The van der Waals surface area contributed by atoms with Gasteiger partial charge in [0.25, 0.3) is 0 Å². The Morgan fingerprint density at radius 1 is 1.28 bits per heavy atom. The van der Waals surface area contributed by atoms with E-state index in [2.05, 4.69) is 9.88 Å². The van der Waals surface area contributed by atoms with Gasteiger partial charge >= 0.3 is 0 Å². The van der Waals surface area contributed by atoms with Gasteiger partial charge in [0.15, 0.2) is 0 Å². The minimum Gasteiger partial charge on any atom is -0.375 e. The number of nitrogens with zero attached hydrogens (tertiary/aromatic N) is 3. The van der Waals surface area contributed by atoms with Crippen molar-refractivity contribution < 1.29 is 18.3 Å². The highest BCUT2D eigenvalue weighted by molar-refractivity contribution is 5.80. The first kappa shape index (κ1) is 16.8. The molecule has 1 aliphatic carbocycles. The quantitative estimate of drug-likeness (QED) is 0.835. The summed E-state index contributed by atoms with van der Waals surface area (Å²) >= 11 is 0. The smallest absolute Gasteiger partial charge is 0.249 e. The molecule has 1 aromatic heterocycles. The van der Waals surface area contributed by atoms with E-state index in [0.29, 0.717) is 19.7 Å². The molecule has 0 radical (unpaired) electrons. The molecule has 3 aliphatic rings. The number of halogens is 2. The fourth-order valence-corrected chi connectivity index (χ4v) is 4.16. The molecule has 2 saturated heterocycles. The van der Waals surface area contributed by atoms with Crippen LogP contribution in [-0.4, -0.2) is 65.0 Å². The van der Waals surface area contributed by atoms with Crippen molar-refractivity contribution in [1.29, 1.82) is 0 Å². The van der Waals surface area contributed by atoms with Gasteiger partial charge in [0.1, 0.15) is 0 Å². The van der Waals surface area contributed by atoms with Gasteiger partial charge in [-0.2, -0.15) is 0 Å². The molecule has 0 spiro atoms. The summed E-state index contributed by atoms with van der Waals surface area (Å²) in [4.78, 5) is 20.7. The standard InChI is InChI=1S/C18H23F2N3O2/c19-18(20)9-14(10-18)17(24)23-6-3-16-15(12-23)22(7-8-25-16)11-13-1-4-21-5-2-13/h1-2,4-5,14-16H,3,6-12H2/t15-,16-/m0/s1. The van der Waals surface area contributed by atoms with Gasteiger partial charge in [0.2, 0.25) is 11.8 Å². The van der Waals surface area contributed by atoms with Crippen molar-refractivity contribution in [3.63, 3.8) is 0 Å². The van der Waals surface area contributed by atoms with E-state index in [1.807, 2.05) is 12.1 Å². The number of piperidine rings is 1. The van der Waals surface area contributed by atoms with Gasteiger partial charge in [-0.1, -0.05) is 0 Å². The molecule has 25 heavy (non-hydrogen) atoms. The Bertz CT molecular complexity index is 620. The second-order valence-corrected chi connectivity index (χ2v) is 7.34. The molecule has 1 saturated carbocycles. The van der Waals surface area contributed by atoms with Crippen LogP contribution in [-0.2, 0) is 16.1 Å². The molecule has 2 atom stereocenters. The van der Waals surface area contributed by atoms with Crippen LogP contribution in [0, 0.1) is 5.92 Å². The predicted octanol–water partition coefficient (Wildman–Crippen LogP) is 1.93. The van der Waals surface area contributed by atoms with Gasteiger partial charge in [-0.3, -0.25) is 14.7 Å². The zero-order valence-corrected chi connectivity index (χ0v) is 14.1. The minimum atomic E-state index is -2.65. The zero-order valence-electron chi connectivity index (χ0n) is 14.1. The fraction of sp³-hybridized carbons (Fsp3) is 0.667. The maximum Gasteiger partial charge on any atom is 0.249 e. The summed E-state index contributed by atoms with van der Waals surface area (Å²) in [6.45, 7) is 3.46. The number of rotatable bonds is 3. The van der Waals surface area contributed by atoms with Crippen LogP contribution in [0.15, 0.2) is 24.5 Å². The van der Waals surface area contributed by atoms with Gasteiger partial charge in [-0.05, 0) is 24.1 Å². The molecule has 0 unspecified atom stereocenters. The van der Waals surface area contributed by atoms with Gasteiger partial charge in [-0.25, -0.2) is 8.78 Å². The summed E-state index contributed by atoms with van der Waals surface area (Å²) in [5, 5.41) is 0. The van der Waals surface area contributed by atoms with E-state index in [4.69, 9.17) is 4.74 Å². The molecule has 3 heterocycles. The third-order valence-corrected chi connectivity index (χ3v) is 5.59. The lowest BCUT2D eigenvalue weighted by Gasteiger charge is -2.48. The summed E-state index contributed by atoms with van der Waals surface area (Å²) in [5.41, 5.74) is 1.18. The van der Waals surface area contributed by atoms with Crippen LogP contribution in [0.25, 0.3) is 0 Å². The number of hydrogen-bond donors (Lipinski definition) is 0. The predicted molar refractivity (Wildman–Crippen MR) is 87.0 cm³/mol. The molecule has 136 valence electrons. The Labute approximate surface area is 146 Å². The first-order valence-electron chi connectivity index (χ1n) is 8.93. The average molecular weight is 351 g/mol. The summed E-state index contributed by atoms with van der Waals surface area (Å²) < 4.78 is 32.1. The van der Waals surface area contributed by atoms with Crippen molar-refractivity contribution >= 4 is 5.91 Å². The van der Waals surface area contributed by atoms with Gasteiger partial charge < -0.3 is 9.64 Å². The number of hydrogen-bond acceptors (Lipinski definition) is 4. The second-order valence-electron chi connectivity index (χ2n) is 7.34. The topological polar surface area (TPSA) is 45.7 Å². The lowest BCUT2D eigenvalue weighted by Crippen LogP contribution is -2.61. The van der Waals surface area contributed by atoms with Crippen LogP contribution >= 0.6 is 0 Å². The van der Waals surface area contributed by atoms with Crippen molar-refractivity contribution in [2.45, 2.75) is 43.9 Å². The number of morpholine rings is 1. The van der Waals surface area contributed by atoms with Crippen molar-refractivity contribution in [2.75, 3.05) is 26.2 Å². The number of pyridine rings is 1. The number of likely N-dealkylation sites (tertiary alicyclic amines) is 1. The normalized spacial score (nSPS) is 29.8. The number of ether oxygens (including phenoxy) is 1. The first-order chi connectivity index (χ1) is 12.0. The zero-order chi connectivity index (χ0) is 17.4. The monoisotopic (exact) mass is 351 g/mol. The molecule has 0 N–H and O–H groups in total. The summed E-state index contributed by atoms with van der Waals surface area (Å²) in [7, 11) is 0. The van der Waals surface area contributed by atoms with E-state index in [1.165, 1.54) is 5.56 Å². The van der Waals surface area contributed by atoms with Crippen LogP contribution < -0.4 is 0 Å². The number of amides is 1. The lowest BCUT2D eigenvalue weighted by molar-refractivity contribution is -0.167. The molecular weight excluding hydrogens is 328 g/mol. The number of fused-ring (bicyclic) bond motifs is 1. The number of carbonyl (C=O) groups is 1. The van der Waals surface area contributed by atoms with Crippen molar-refractivity contribution in [3.05, 3.63) is 30.1 Å². The van der Waals surface area contributed by atoms with E-state index in [-0.39, 0.29) is 30.9 Å². The minimum absolute atomic E-state index is 0.112. The van der Waals surface area contributed by atoms with Gasteiger partial charge in [-0.15, -0.1) is 0 Å². The Balaban J connectivity index is 1.41. The summed E-state index contributed by atoms with van der Waals surface area (Å²) in [6, 6.07) is 4.11. The second kappa shape index (κ2) is 6.61. The highest BCUT2D eigenvalue weighted by atomic mass is 19.3. The van der Waals surface area contributed by atoms with E-state index in [0.717, 1.165) is 19.5 Å². The van der Waals surface area contributed by atoms with E-state index in [1.54, 1.807) is 17.3 Å². The molecule has 0 aromatic carbocycles. The average Bonchev–Trinajstić information content (AvgIpc) is 2.60. The van der Waals surface area contributed by atoms with Crippen molar-refractivity contribution in [3.8, 4) is 0 Å². The van der Waals surface area contributed by atoms with Crippen LogP contribution in [0.3, 0.4) is 0 Å². The Kier molecular flexibility index (Phi) is 4.45. The van der Waals surface area contributed by atoms with E-state index < -0.39 is 11.8 Å². The van der Waals surface area contributed by atoms with Gasteiger partial charge in [0, 0.05) is 57.3 Å².